The Bertz CT molecular complexity index is 650. The molecule has 1 aliphatic heterocycles. The minimum atomic E-state index is 0.596. The molecule has 158 valence electrons. The quantitative estimate of drug-likeness (QED) is 0.363. The molecule has 29 heavy (non-hydrogen) atoms. The molecule has 0 aromatic heterocycles. The van der Waals surface area contributed by atoms with Gasteiger partial charge < -0.3 is 14.4 Å². The van der Waals surface area contributed by atoms with Gasteiger partial charge in [-0.2, -0.15) is 0 Å². The van der Waals surface area contributed by atoms with Crippen LogP contribution in [0.15, 0.2) is 54.6 Å². The molecular formula is C26H37NO2. The van der Waals surface area contributed by atoms with Crippen LogP contribution >= 0.6 is 0 Å². The number of nitrogens with zero attached hydrogens (tertiary/aromatic N) is 1. The highest BCUT2D eigenvalue weighted by molar-refractivity contribution is 5.31. The zero-order chi connectivity index (χ0) is 20.0. The Morgan fingerprint density at radius 1 is 0.621 bits per heavy atom. The number of likely N-dealkylation sites (tertiary alicyclic amines) is 1. The number of unbranched alkanes of at least 4 members (excludes halogenated alkanes) is 5. The van der Waals surface area contributed by atoms with Crippen LogP contribution in [0.3, 0.4) is 0 Å². The predicted octanol–water partition coefficient (Wildman–Crippen LogP) is 6.47. The summed E-state index contributed by atoms with van der Waals surface area (Å²) in [7, 11) is 0. The molecule has 3 heteroatoms. The van der Waals surface area contributed by atoms with Crippen LogP contribution in [0.2, 0.25) is 0 Å². The zero-order valence-corrected chi connectivity index (χ0v) is 17.9. The molecule has 0 radical (unpaired) electrons. The summed E-state index contributed by atoms with van der Waals surface area (Å²) >= 11 is 0. The van der Waals surface area contributed by atoms with E-state index in [1.807, 2.05) is 42.5 Å². The van der Waals surface area contributed by atoms with Gasteiger partial charge in [-0.1, -0.05) is 62.4 Å². The minimum Gasteiger partial charge on any atom is -0.494 e. The van der Waals surface area contributed by atoms with Gasteiger partial charge in [-0.25, -0.2) is 0 Å². The van der Waals surface area contributed by atoms with Crippen molar-refractivity contribution in [2.45, 2.75) is 64.4 Å². The molecule has 2 aromatic carbocycles. The van der Waals surface area contributed by atoms with E-state index in [0.29, 0.717) is 6.61 Å². The largest absolute Gasteiger partial charge is 0.494 e. The van der Waals surface area contributed by atoms with Crippen molar-refractivity contribution in [2.24, 2.45) is 0 Å². The summed E-state index contributed by atoms with van der Waals surface area (Å²) in [6.07, 6.45) is 12.1. The fourth-order valence-corrected chi connectivity index (χ4v) is 3.89. The average molecular weight is 396 g/mol. The van der Waals surface area contributed by atoms with E-state index in [4.69, 9.17) is 9.47 Å². The Labute approximate surface area is 177 Å². The topological polar surface area (TPSA) is 21.7 Å². The second-order valence-electron chi connectivity index (χ2n) is 8.12. The van der Waals surface area contributed by atoms with Crippen LogP contribution in [0, 0.1) is 0 Å². The number of ether oxygens (including phenoxy) is 2. The SMILES string of the molecule is c1ccc(COc2ccc(OCCCCCCCCN3CCCCC3)cc2)cc1. The molecule has 1 heterocycles. The number of piperidine rings is 1. The molecular weight excluding hydrogens is 358 g/mol. The number of hydrogen-bond acceptors (Lipinski definition) is 3. The molecule has 0 amide bonds. The Hall–Kier alpha value is -2.00. The van der Waals surface area contributed by atoms with E-state index in [1.54, 1.807) is 0 Å². The summed E-state index contributed by atoms with van der Waals surface area (Å²) in [5.41, 5.74) is 1.18. The third-order valence-electron chi connectivity index (χ3n) is 5.66. The summed E-state index contributed by atoms with van der Waals surface area (Å²) in [4.78, 5) is 2.65. The zero-order valence-electron chi connectivity index (χ0n) is 17.9. The van der Waals surface area contributed by atoms with Crippen LogP contribution in [0.25, 0.3) is 0 Å². The van der Waals surface area contributed by atoms with E-state index in [-0.39, 0.29) is 0 Å². The lowest BCUT2D eigenvalue weighted by atomic mass is 10.1. The molecule has 3 nitrogen and oxygen atoms in total. The van der Waals surface area contributed by atoms with Crippen molar-refractivity contribution in [2.75, 3.05) is 26.2 Å². The monoisotopic (exact) mass is 395 g/mol. The molecule has 2 aromatic rings. The molecule has 0 spiro atoms. The van der Waals surface area contributed by atoms with Gasteiger partial charge in [0.15, 0.2) is 0 Å². The summed E-state index contributed by atoms with van der Waals surface area (Å²) in [5.74, 6) is 1.81. The molecule has 3 rings (SSSR count). The predicted molar refractivity (Wildman–Crippen MR) is 121 cm³/mol. The maximum Gasteiger partial charge on any atom is 0.120 e. The second kappa shape index (κ2) is 13.3. The van der Waals surface area contributed by atoms with Gasteiger partial charge >= 0.3 is 0 Å². The van der Waals surface area contributed by atoms with Crippen LogP contribution in [0.1, 0.15) is 63.4 Å². The van der Waals surface area contributed by atoms with Crippen molar-refractivity contribution < 1.29 is 9.47 Å². The molecule has 1 aliphatic rings. The van der Waals surface area contributed by atoms with Gasteiger partial charge in [-0.05, 0) is 75.1 Å². The highest BCUT2D eigenvalue weighted by Crippen LogP contribution is 2.19. The normalized spacial score (nSPS) is 14.6. The van der Waals surface area contributed by atoms with Gasteiger partial charge in [-0.3, -0.25) is 0 Å². The first kappa shape index (κ1) is 21.7. The van der Waals surface area contributed by atoms with Crippen molar-refractivity contribution in [1.29, 1.82) is 0 Å². The lowest BCUT2D eigenvalue weighted by Crippen LogP contribution is -2.30. The lowest BCUT2D eigenvalue weighted by Gasteiger charge is -2.26. The Morgan fingerprint density at radius 2 is 1.24 bits per heavy atom. The fourth-order valence-electron chi connectivity index (χ4n) is 3.89. The standard InChI is InChI=1S/C26H37NO2/c1(3-9-19-27-20-10-6-11-21-27)2-4-12-22-28-25-15-17-26(18-16-25)29-23-24-13-7-5-8-14-24/h5,7-8,13-18H,1-4,6,9-12,19-23H2. The number of hydrogen-bond donors (Lipinski definition) is 0. The van der Waals surface area contributed by atoms with E-state index < -0.39 is 0 Å². The Kier molecular flexibility index (Phi) is 9.93. The van der Waals surface area contributed by atoms with Crippen molar-refractivity contribution in [3.63, 3.8) is 0 Å². The van der Waals surface area contributed by atoms with E-state index in [9.17, 15) is 0 Å². The second-order valence-corrected chi connectivity index (χ2v) is 8.12. The van der Waals surface area contributed by atoms with Crippen LogP contribution in [0.4, 0.5) is 0 Å². The van der Waals surface area contributed by atoms with Gasteiger partial charge in [-0.15, -0.1) is 0 Å². The van der Waals surface area contributed by atoms with E-state index in [1.165, 1.54) is 76.6 Å². The van der Waals surface area contributed by atoms with E-state index in [2.05, 4.69) is 17.0 Å². The molecule has 0 aliphatic carbocycles. The third-order valence-corrected chi connectivity index (χ3v) is 5.66. The van der Waals surface area contributed by atoms with Gasteiger partial charge in [0.05, 0.1) is 6.61 Å². The molecule has 0 saturated carbocycles. The summed E-state index contributed by atoms with van der Waals surface area (Å²) in [6, 6.07) is 18.2. The first-order valence-corrected chi connectivity index (χ1v) is 11.5. The first-order chi connectivity index (χ1) is 14.4. The van der Waals surface area contributed by atoms with E-state index in [0.717, 1.165) is 24.5 Å². The van der Waals surface area contributed by atoms with Crippen molar-refractivity contribution in [1.82, 2.24) is 4.90 Å². The van der Waals surface area contributed by atoms with Crippen molar-refractivity contribution >= 4 is 0 Å². The fraction of sp³-hybridized carbons (Fsp3) is 0.538. The van der Waals surface area contributed by atoms with Crippen LogP contribution < -0.4 is 9.47 Å². The van der Waals surface area contributed by atoms with Crippen LogP contribution in [-0.2, 0) is 6.61 Å². The maximum atomic E-state index is 5.87. The average Bonchev–Trinajstić information content (AvgIpc) is 2.79. The minimum absolute atomic E-state index is 0.596. The van der Waals surface area contributed by atoms with Gasteiger partial charge in [0.1, 0.15) is 18.1 Å². The highest BCUT2D eigenvalue weighted by Gasteiger charge is 2.08. The summed E-state index contributed by atoms with van der Waals surface area (Å²) in [6.45, 7) is 5.38. The lowest BCUT2D eigenvalue weighted by molar-refractivity contribution is 0.224. The van der Waals surface area contributed by atoms with E-state index >= 15 is 0 Å². The number of rotatable bonds is 13. The summed E-state index contributed by atoms with van der Waals surface area (Å²) < 4.78 is 11.7. The van der Waals surface area contributed by atoms with Crippen LogP contribution in [-0.4, -0.2) is 31.1 Å². The van der Waals surface area contributed by atoms with Gasteiger partial charge in [0.25, 0.3) is 0 Å². The first-order valence-electron chi connectivity index (χ1n) is 11.5. The number of benzene rings is 2. The van der Waals surface area contributed by atoms with Gasteiger partial charge in [0, 0.05) is 0 Å². The molecule has 0 atom stereocenters. The molecule has 0 bridgehead atoms. The van der Waals surface area contributed by atoms with Crippen molar-refractivity contribution in [3.05, 3.63) is 60.2 Å². The Balaban J connectivity index is 1.17. The van der Waals surface area contributed by atoms with Gasteiger partial charge in [0.2, 0.25) is 0 Å². The molecule has 0 N–H and O–H groups in total. The molecule has 1 fully saturated rings. The Morgan fingerprint density at radius 3 is 1.97 bits per heavy atom. The highest BCUT2D eigenvalue weighted by atomic mass is 16.5. The molecule has 0 unspecified atom stereocenters. The molecule has 1 saturated heterocycles. The maximum absolute atomic E-state index is 5.87. The van der Waals surface area contributed by atoms with Crippen LogP contribution in [0.5, 0.6) is 11.5 Å². The van der Waals surface area contributed by atoms with Crippen molar-refractivity contribution in [3.8, 4) is 11.5 Å². The smallest absolute Gasteiger partial charge is 0.120 e. The third kappa shape index (κ3) is 8.91. The summed E-state index contributed by atoms with van der Waals surface area (Å²) in [5, 5.41) is 0.